The van der Waals surface area contributed by atoms with Gasteiger partial charge < -0.3 is 9.47 Å². The fourth-order valence-corrected chi connectivity index (χ4v) is 2.85. The molecule has 2 aliphatic rings. The molecule has 24 heavy (non-hydrogen) atoms. The molecule has 0 amide bonds. The minimum Gasteiger partial charge on any atom is -0.370 e. The first-order valence-corrected chi connectivity index (χ1v) is 10.4. The summed E-state index contributed by atoms with van der Waals surface area (Å²) >= 11 is 0. The van der Waals surface area contributed by atoms with E-state index in [2.05, 4.69) is 38.2 Å². The van der Waals surface area contributed by atoms with Crippen LogP contribution >= 0.6 is 0 Å². The van der Waals surface area contributed by atoms with Crippen molar-refractivity contribution in [2.45, 2.75) is 103 Å². The molecule has 2 rings (SSSR count). The highest BCUT2D eigenvalue weighted by molar-refractivity contribution is 4.95. The van der Waals surface area contributed by atoms with Crippen LogP contribution in [0.15, 0.2) is 24.3 Å². The van der Waals surface area contributed by atoms with Crippen LogP contribution in [0.3, 0.4) is 0 Å². The third-order valence-electron chi connectivity index (χ3n) is 4.53. The zero-order valence-electron chi connectivity index (χ0n) is 16.2. The van der Waals surface area contributed by atoms with E-state index in [1.807, 2.05) is 0 Å². The quantitative estimate of drug-likeness (QED) is 0.214. The third-order valence-corrected chi connectivity index (χ3v) is 4.53. The SMILES string of the molecule is CCCCCCC/C=C/C1CO1.CCCCCCCC1C=CCO1. The van der Waals surface area contributed by atoms with Gasteiger partial charge in [0.25, 0.3) is 0 Å². The summed E-state index contributed by atoms with van der Waals surface area (Å²) in [7, 11) is 0. The first-order chi connectivity index (χ1) is 11.9. The van der Waals surface area contributed by atoms with Gasteiger partial charge in [-0.2, -0.15) is 0 Å². The van der Waals surface area contributed by atoms with Gasteiger partial charge in [0.05, 0.1) is 25.4 Å². The molecular formula is C22H40O2. The molecule has 0 bridgehead atoms. The van der Waals surface area contributed by atoms with Gasteiger partial charge in [0, 0.05) is 0 Å². The lowest BCUT2D eigenvalue weighted by molar-refractivity contribution is 0.119. The number of ether oxygens (including phenoxy) is 2. The number of hydrogen-bond acceptors (Lipinski definition) is 2. The normalized spacial score (nSPS) is 21.9. The smallest absolute Gasteiger partial charge is 0.0991 e. The monoisotopic (exact) mass is 336 g/mol. The lowest BCUT2D eigenvalue weighted by Gasteiger charge is -2.06. The Hall–Kier alpha value is -0.600. The highest BCUT2D eigenvalue weighted by atomic mass is 16.6. The minimum atomic E-state index is 0.437. The summed E-state index contributed by atoms with van der Waals surface area (Å²) < 4.78 is 10.5. The second-order valence-corrected chi connectivity index (χ2v) is 7.01. The Bertz CT molecular complexity index is 318. The predicted octanol–water partition coefficient (Wildman–Crippen LogP) is 6.60. The molecule has 0 aromatic heterocycles. The van der Waals surface area contributed by atoms with Gasteiger partial charge in [-0.15, -0.1) is 0 Å². The largest absolute Gasteiger partial charge is 0.370 e. The van der Waals surface area contributed by atoms with Crippen molar-refractivity contribution in [2.24, 2.45) is 0 Å². The van der Waals surface area contributed by atoms with E-state index >= 15 is 0 Å². The van der Waals surface area contributed by atoms with Crippen molar-refractivity contribution >= 4 is 0 Å². The van der Waals surface area contributed by atoms with Crippen LogP contribution in [0.4, 0.5) is 0 Å². The molecule has 2 unspecified atom stereocenters. The van der Waals surface area contributed by atoms with Crippen molar-refractivity contribution in [1.82, 2.24) is 0 Å². The maximum atomic E-state index is 5.45. The summed E-state index contributed by atoms with van der Waals surface area (Å²) in [4.78, 5) is 0. The molecular weight excluding hydrogens is 296 g/mol. The number of allylic oxidation sites excluding steroid dienone is 1. The van der Waals surface area contributed by atoms with E-state index in [4.69, 9.17) is 9.47 Å². The van der Waals surface area contributed by atoms with E-state index in [-0.39, 0.29) is 0 Å². The summed E-state index contributed by atoms with van der Waals surface area (Å²) in [5.41, 5.74) is 0. The van der Waals surface area contributed by atoms with Crippen molar-refractivity contribution in [1.29, 1.82) is 0 Å². The van der Waals surface area contributed by atoms with E-state index in [9.17, 15) is 0 Å². The van der Waals surface area contributed by atoms with Crippen LogP contribution in [-0.4, -0.2) is 25.4 Å². The molecule has 0 aliphatic carbocycles. The van der Waals surface area contributed by atoms with E-state index < -0.39 is 0 Å². The number of hydrogen-bond donors (Lipinski definition) is 0. The molecule has 140 valence electrons. The van der Waals surface area contributed by atoms with E-state index in [1.54, 1.807) is 0 Å². The first kappa shape index (κ1) is 21.4. The summed E-state index contributed by atoms with van der Waals surface area (Å²) in [6.45, 7) is 6.29. The fraction of sp³-hybridized carbons (Fsp3) is 0.818. The summed E-state index contributed by atoms with van der Waals surface area (Å²) in [6, 6.07) is 0. The van der Waals surface area contributed by atoms with Crippen molar-refractivity contribution in [3.63, 3.8) is 0 Å². The molecule has 0 spiro atoms. The van der Waals surface area contributed by atoms with Gasteiger partial charge in [0.1, 0.15) is 0 Å². The lowest BCUT2D eigenvalue weighted by atomic mass is 10.1. The van der Waals surface area contributed by atoms with E-state index in [1.165, 1.54) is 77.0 Å². The minimum absolute atomic E-state index is 0.437. The maximum absolute atomic E-state index is 5.45. The number of rotatable bonds is 13. The predicted molar refractivity (Wildman–Crippen MR) is 105 cm³/mol. The molecule has 1 saturated heterocycles. The van der Waals surface area contributed by atoms with Crippen LogP contribution in [0.25, 0.3) is 0 Å². The van der Waals surface area contributed by atoms with Crippen LogP contribution in [0.2, 0.25) is 0 Å². The molecule has 2 heteroatoms. The summed E-state index contributed by atoms with van der Waals surface area (Å²) in [5.74, 6) is 0. The van der Waals surface area contributed by atoms with Gasteiger partial charge in [-0.25, -0.2) is 0 Å². The van der Waals surface area contributed by atoms with Crippen LogP contribution in [0.1, 0.15) is 90.9 Å². The summed E-state index contributed by atoms with van der Waals surface area (Å²) in [6.07, 6.45) is 25.9. The lowest BCUT2D eigenvalue weighted by Crippen LogP contribution is -2.03. The average Bonchev–Trinajstić information content (AvgIpc) is 3.28. The maximum Gasteiger partial charge on any atom is 0.0991 e. The second kappa shape index (κ2) is 15.9. The van der Waals surface area contributed by atoms with E-state index in [0.29, 0.717) is 12.2 Å². The first-order valence-electron chi connectivity index (χ1n) is 10.4. The number of unbranched alkanes of at least 4 members (excludes halogenated alkanes) is 9. The molecule has 2 heterocycles. The van der Waals surface area contributed by atoms with Crippen molar-refractivity contribution in [3.8, 4) is 0 Å². The molecule has 2 nitrogen and oxygen atoms in total. The van der Waals surface area contributed by atoms with Crippen LogP contribution < -0.4 is 0 Å². The molecule has 2 atom stereocenters. The molecule has 0 aromatic carbocycles. The molecule has 2 aliphatic heterocycles. The van der Waals surface area contributed by atoms with Crippen molar-refractivity contribution < 1.29 is 9.47 Å². The van der Waals surface area contributed by atoms with Gasteiger partial charge in [-0.05, 0) is 19.3 Å². The highest BCUT2D eigenvalue weighted by Crippen LogP contribution is 2.13. The zero-order valence-corrected chi connectivity index (χ0v) is 16.2. The molecule has 0 saturated carbocycles. The molecule has 0 N–H and O–H groups in total. The van der Waals surface area contributed by atoms with Crippen LogP contribution in [-0.2, 0) is 9.47 Å². The van der Waals surface area contributed by atoms with Gasteiger partial charge in [0.2, 0.25) is 0 Å². The standard InChI is InChI=1S/2C11H20O/c1-2-3-4-5-6-8-11-9-7-10-12-11;1-2-3-4-5-6-7-8-9-11-10-12-11/h7,9,11H,2-6,8,10H2,1H3;8-9,11H,2-7,10H2,1H3/b;9-8+. The zero-order chi connectivity index (χ0) is 17.3. The second-order valence-electron chi connectivity index (χ2n) is 7.01. The molecule has 1 fully saturated rings. The van der Waals surface area contributed by atoms with Crippen molar-refractivity contribution in [2.75, 3.05) is 13.2 Å². The topological polar surface area (TPSA) is 21.8 Å². The Morgan fingerprint density at radius 2 is 1.54 bits per heavy atom. The van der Waals surface area contributed by atoms with Crippen LogP contribution in [0.5, 0.6) is 0 Å². The van der Waals surface area contributed by atoms with E-state index in [0.717, 1.165) is 13.2 Å². The summed E-state index contributed by atoms with van der Waals surface area (Å²) in [5, 5.41) is 0. The van der Waals surface area contributed by atoms with Gasteiger partial charge in [-0.3, -0.25) is 0 Å². The van der Waals surface area contributed by atoms with Gasteiger partial charge in [0.15, 0.2) is 0 Å². The van der Waals surface area contributed by atoms with Crippen LogP contribution in [0, 0.1) is 0 Å². The highest BCUT2D eigenvalue weighted by Gasteiger charge is 2.17. The Balaban J connectivity index is 0.000000240. The Morgan fingerprint density at radius 1 is 0.875 bits per heavy atom. The fourth-order valence-electron chi connectivity index (χ4n) is 2.85. The number of epoxide rings is 1. The Kier molecular flexibility index (Phi) is 14.2. The van der Waals surface area contributed by atoms with Gasteiger partial charge >= 0.3 is 0 Å². The van der Waals surface area contributed by atoms with Crippen molar-refractivity contribution in [3.05, 3.63) is 24.3 Å². The molecule has 0 radical (unpaired) electrons. The average molecular weight is 337 g/mol. The van der Waals surface area contributed by atoms with Gasteiger partial charge in [-0.1, -0.05) is 95.9 Å². The molecule has 0 aromatic rings. The Labute approximate surface area is 150 Å². The third kappa shape index (κ3) is 13.8. The Morgan fingerprint density at radius 3 is 2.12 bits per heavy atom.